The molecule has 1 aromatic carbocycles. The van der Waals surface area contributed by atoms with Crippen LogP contribution in [0, 0.1) is 0 Å². The van der Waals surface area contributed by atoms with E-state index < -0.39 is 0 Å². The normalized spacial score (nSPS) is 19.3. The van der Waals surface area contributed by atoms with E-state index in [1.807, 2.05) is 25.1 Å². The molecule has 5 heterocycles. The Morgan fingerprint density at radius 1 is 1.17 bits per heavy atom. The quantitative estimate of drug-likeness (QED) is 0.600. The molecule has 0 aliphatic carbocycles. The van der Waals surface area contributed by atoms with Crippen LogP contribution in [0.3, 0.4) is 0 Å². The molecule has 1 saturated heterocycles. The Morgan fingerprint density at radius 3 is 2.77 bits per heavy atom. The Kier molecular flexibility index (Phi) is 6.83. The van der Waals surface area contributed by atoms with Gasteiger partial charge in [-0.05, 0) is 58.5 Å². The number of rotatable bonds is 4. The van der Waals surface area contributed by atoms with Crippen molar-refractivity contribution in [2.75, 3.05) is 40.5 Å². The van der Waals surface area contributed by atoms with Crippen LogP contribution in [-0.4, -0.2) is 71.2 Å². The van der Waals surface area contributed by atoms with Crippen molar-refractivity contribution >= 4 is 11.0 Å². The van der Waals surface area contributed by atoms with E-state index in [0.717, 1.165) is 54.1 Å². The minimum atomic E-state index is -0.0352. The van der Waals surface area contributed by atoms with Crippen LogP contribution in [0.1, 0.15) is 37.1 Å². The number of fused-ring (bicyclic) bond motifs is 1. The fourth-order valence-corrected chi connectivity index (χ4v) is 4.93. The maximum absolute atomic E-state index is 11.8. The van der Waals surface area contributed by atoms with Gasteiger partial charge in [-0.25, -0.2) is 4.98 Å². The first-order chi connectivity index (χ1) is 17.0. The molecular weight excluding hydrogens is 448 g/mol. The van der Waals surface area contributed by atoms with Crippen LogP contribution < -0.4 is 25.1 Å². The molecule has 0 bridgehead atoms. The van der Waals surface area contributed by atoms with Crippen LogP contribution in [0.4, 0.5) is 0 Å². The van der Waals surface area contributed by atoms with Gasteiger partial charge in [-0.15, -0.1) is 5.10 Å². The van der Waals surface area contributed by atoms with Crippen molar-refractivity contribution in [3.05, 3.63) is 46.0 Å². The molecule has 10 nitrogen and oxygen atoms in total. The van der Waals surface area contributed by atoms with Gasteiger partial charge < -0.3 is 29.0 Å². The van der Waals surface area contributed by atoms with Gasteiger partial charge in [0.25, 0.3) is 11.4 Å². The molecule has 2 aromatic heterocycles. The summed E-state index contributed by atoms with van der Waals surface area (Å²) < 4.78 is 18.0. The Balaban J connectivity index is 0.000000147. The summed E-state index contributed by atoms with van der Waals surface area (Å²) in [5.74, 6) is 2.06. The van der Waals surface area contributed by atoms with Crippen molar-refractivity contribution in [2.45, 2.75) is 44.8 Å². The van der Waals surface area contributed by atoms with Crippen molar-refractivity contribution in [2.24, 2.45) is 0 Å². The van der Waals surface area contributed by atoms with Crippen LogP contribution in [0.5, 0.6) is 17.4 Å². The third-order valence-corrected chi connectivity index (χ3v) is 6.82. The van der Waals surface area contributed by atoms with Gasteiger partial charge in [0.2, 0.25) is 0 Å². The van der Waals surface area contributed by atoms with Gasteiger partial charge in [0.05, 0.1) is 30.0 Å². The second kappa shape index (κ2) is 10.2. The predicted molar refractivity (Wildman–Crippen MR) is 131 cm³/mol. The third-order valence-electron chi connectivity index (χ3n) is 6.82. The molecule has 0 saturated carbocycles. The highest BCUT2D eigenvalue weighted by molar-refractivity contribution is 5.82. The fourth-order valence-electron chi connectivity index (χ4n) is 4.93. The number of nitrogens with zero attached hydrogens (tertiary/aromatic N) is 5. The Bertz CT molecular complexity index is 1250. The predicted octanol–water partition coefficient (Wildman–Crippen LogP) is 1.95. The smallest absolute Gasteiger partial charge is 0.276 e. The van der Waals surface area contributed by atoms with E-state index >= 15 is 0 Å². The van der Waals surface area contributed by atoms with Gasteiger partial charge in [0.15, 0.2) is 5.75 Å². The van der Waals surface area contributed by atoms with Crippen LogP contribution >= 0.6 is 0 Å². The van der Waals surface area contributed by atoms with E-state index in [9.17, 15) is 4.79 Å². The van der Waals surface area contributed by atoms with Gasteiger partial charge >= 0.3 is 0 Å². The molecule has 0 radical (unpaired) electrons. The van der Waals surface area contributed by atoms with Crippen LogP contribution in [-0.2, 0) is 13.0 Å². The second-order valence-corrected chi connectivity index (χ2v) is 9.29. The van der Waals surface area contributed by atoms with Gasteiger partial charge in [0, 0.05) is 30.3 Å². The third kappa shape index (κ3) is 4.94. The minimum absolute atomic E-state index is 0.0352. The van der Waals surface area contributed by atoms with E-state index in [1.165, 1.54) is 19.0 Å². The molecule has 186 valence electrons. The molecular formula is C25H32N6O4. The van der Waals surface area contributed by atoms with Gasteiger partial charge in [-0.2, -0.15) is 5.10 Å². The molecule has 3 aromatic rings. The van der Waals surface area contributed by atoms with Crippen LogP contribution in [0.25, 0.3) is 11.0 Å². The highest BCUT2D eigenvalue weighted by Gasteiger charge is 2.25. The summed E-state index contributed by atoms with van der Waals surface area (Å²) >= 11 is 0. The number of hydrogen-bond donors (Lipinski definition) is 1. The lowest BCUT2D eigenvalue weighted by Crippen LogP contribution is -2.40. The average molecular weight is 481 g/mol. The summed E-state index contributed by atoms with van der Waals surface area (Å²) in [6.07, 6.45) is 4.60. The summed E-state index contributed by atoms with van der Waals surface area (Å²) in [4.78, 5) is 18.3. The number of ether oxygens (including phenoxy) is 3. The van der Waals surface area contributed by atoms with Crippen LogP contribution in [0.15, 0.2) is 29.2 Å². The lowest BCUT2D eigenvalue weighted by Gasteiger charge is -2.29. The van der Waals surface area contributed by atoms with E-state index in [-0.39, 0.29) is 11.6 Å². The second-order valence-electron chi connectivity index (χ2n) is 9.29. The number of piperidine rings is 1. The molecule has 1 unspecified atom stereocenters. The Hall–Kier alpha value is -3.24. The van der Waals surface area contributed by atoms with Crippen molar-refractivity contribution in [1.29, 1.82) is 0 Å². The van der Waals surface area contributed by atoms with Crippen molar-refractivity contribution in [3.8, 4) is 17.4 Å². The van der Waals surface area contributed by atoms with Crippen molar-refractivity contribution < 1.29 is 14.2 Å². The standard InChI is InChI=1S/C13H20N4O2.C12H12N2O2/c1-17-4-2-10(3-5-17)14-9-11-8-12-13(16-15-11)19-7-6-18-12;1-7-5-8-10(16-2)4-3-9-12(8)14(7)11(15)6-13-9/h8,10,14H,2-7,9H2,1H3;3-4,6-7H,5H2,1-2H3. The number of methoxy groups -OCH3 is 1. The molecule has 10 heteroatoms. The van der Waals surface area contributed by atoms with Gasteiger partial charge in [0.1, 0.15) is 19.0 Å². The van der Waals surface area contributed by atoms with Crippen LogP contribution in [0.2, 0.25) is 0 Å². The molecule has 3 aliphatic rings. The topological polar surface area (TPSA) is 104 Å². The number of aromatic nitrogens is 4. The van der Waals surface area contributed by atoms with E-state index in [4.69, 9.17) is 14.2 Å². The molecule has 1 atom stereocenters. The summed E-state index contributed by atoms with van der Waals surface area (Å²) in [5, 5.41) is 11.8. The van der Waals surface area contributed by atoms with E-state index in [0.29, 0.717) is 30.9 Å². The zero-order valence-electron chi connectivity index (χ0n) is 20.5. The number of nitrogens with one attached hydrogen (secondary N) is 1. The molecule has 1 N–H and O–H groups in total. The summed E-state index contributed by atoms with van der Waals surface area (Å²) in [6.45, 7) is 6.22. The lowest BCUT2D eigenvalue weighted by molar-refractivity contribution is 0.161. The van der Waals surface area contributed by atoms with Gasteiger partial charge in [-0.3, -0.25) is 4.79 Å². The Morgan fingerprint density at radius 2 is 1.97 bits per heavy atom. The lowest BCUT2D eigenvalue weighted by atomic mass is 10.1. The highest BCUT2D eigenvalue weighted by Crippen LogP contribution is 2.35. The number of hydrogen-bond acceptors (Lipinski definition) is 9. The van der Waals surface area contributed by atoms with E-state index in [1.54, 1.807) is 11.7 Å². The fraction of sp³-hybridized carbons (Fsp3) is 0.520. The van der Waals surface area contributed by atoms with E-state index in [2.05, 4.69) is 32.4 Å². The first kappa shape index (κ1) is 23.5. The Labute approximate surface area is 204 Å². The number of benzene rings is 1. The summed E-state index contributed by atoms with van der Waals surface area (Å²) in [6, 6.07) is 6.49. The first-order valence-corrected chi connectivity index (χ1v) is 12.1. The van der Waals surface area contributed by atoms with Crippen molar-refractivity contribution in [3.63, 3.8) is 0 Å². The molecule has 6 rings (SSSR count). The molecule has 3 aliphatic heterocycles. The molecule has 1 fully saturated rings. The molecule has 35 heavy (non-hydrogen) atoms. The maximum atomic E-state index is 11.8. The first-order valence-electron chi connectivity index (χ1n) is 12.1. The van der Waals surface area contributed by atoms with Crippen molar-refractivity contribution in [1.82, 2.24) is 30.0 Å². The highest BCUT2D eigenvalue weighted by atomic mass is 16.6. The summed E-state index contributed by atoms with van der Waals surface area (Å²) in [5.41, 5.74) is 3.76. The minimum Gasteiger partial charge on any atom is -0.496 e. The zero-order valence-corrected chi connectivity index (χ0v) is 20.5. The SMILES string of the molecule is CN1CCC(NCc2cc3c(nn2)OCCO3)CC1.COc1ccc2ncc(=O)n3c2c1CC3C. The monoisotopic (exact) mass is 480 g/mol. The average Bonchev–Trinajstić information content (AvgIpc) is 3.24. The van der Waals surface area contributed by atoms with Gasteiger partial charge in [-0.1, -0.05) is 0 Å². The largest absolute Gasteiger partial charge is 0.496 e. The summed E-state index contributed by atoms with van der Waals surface area (Å²) in [7, 11) is 3.82. The molecule has 0 amide bonds. The molecule has 0 spiro atoms. The maximum Gasteiger partial charge on any atom is 0.276 e. The number of likely N-dealkylation sites (tertiary alicyclic amines) is 1. The zero-order chi connectivity index (χ0) is 24.4.